The molecule has 1 rings (SSSR count). The van der Waals surface area contributed by atoms with Gasteiger partial charge in [-0.05, 0) is 16.7 Å². The van der Waals surface area contributed by atoms with Crippen LogP contribution in [0.4, 0.5) is 0 Å². The molecule has 3 heteroatoms. The lowest BCUT2D eigenvalue weighted by Crippen LogP contribution is -2.36. The highest BCUT2D eigenvalue weighted by atomic mass is 16.3. The molecule has 0 aliphatic carbocycles. The molecular weight excluding hydrogens is 264 g/mol. The van der Waals surface area contributed by atoms with Crippen LogP contribution in [0.3, 0.4) is 0 Å². The van der Waals surface area contributed by atoms with Crippen molar-refractivity contribution in [2.45, 2.75) is 57.8 Å². The first kappa shape index (κ1) is 18.1. The van der Waals surface area contributed by atoms with Crippen LogP contribution in [0.2, 0.25) is 0 Å². The quantitative estimate of drug-likeness (QED) is 0.755. The van der Waals surface area contributed by atoms with E-state index in [0.717, 1.165) is 16.7 Å². The average Bonchev–Trinajstić information content (AvgIpc) is 2.46. The lowest BCUT2D eigenvalue weighted by molar-refractivity contribution is 0.193. The molecule has 0 aromatic heterocycles. The Morgan fingerprint density at radius 3 is 1.29 bits per heavy atom. The second-order valence-electron chi connectivity index (χ2n) is 7.85. The summed E-state index contributed by atoms with van der Waals surface area (Å²) >= 11 is 0. The Labute approximate surface area is 128 Å². The number of aliphatic hydroxyl groups is 3. The smallest absolute Gasteiger partial charge is 0.0522 e. The average molecular weight is 294 g/mol. The molecule has 0 heterocycles. The number of aliphatic hydroxyl groups excluding tert-OH is 3. The molecule has 0 amide bonds. The van der Waals surface area contributed by atoms with Gasteiger partial charge >= 0.3 is 0 Å². The molecular formula is C18H30O3. The molecule has 0 radical (unpaired) electrons. The molecule has 21 heavy (non-hydrogen) atoms. The van der Waals surface area contributed by atoms with Crippen molar-refractivity contribution < 1.29 is 15.3 Å². The number of benzene rings is 1. The molecule has 0 fully saturated rings. The lowest BCUT2D eigenvalue weighted by Gasteiger charge is -2.38. The minimum Gasteiger partial charge on any atom is -0.395 e. The van der Waals surface area contributed by atoms with Crippen LogP contribution in [-0.4, -0.2) is 35.1 Å². The van der Waals surface area contributed by atoms with Gasteiger partial charge in [0.25, 0.3) is 0 Å². The maximum atomic E-state index is 9.85. The second-order valence-corrected chi connectivity index (χ2v) is 7.85. The van der Waals surface area contributed by atoms with E-state index in [1.807, 2.05) is 59.7 Å². The van der Waals surface area contributed by atoms with Gasteiger partial charge in [-0.1, -0.05) is 59.7 Å². The summed E-state index contributed by atoms with van der Waals surface area (Å²) in [6, 6.07) is 6.00. The highest BCUT2D eigenvalue weighted by molar-refractivity contribution is 5.47. The summed E-state index contributed by atoms with van der Waals surface area (Å²) in [5, 5.41) is 29.3. The van der Waals surface area contributed by atoms with Crippen molar-refractivity contribution in [3.8, 4) is 0 Å². The molecule has 1 aromatic carbocycles. The van der Waals surface area contributed by atoms with Gasteiger partial charge in [0.05, 0.1) is 19.8 Å². The van der Waals surface area contributed by atoms with E-state index < -0.39 is 16.2 Å². The summed E-state index contributed by atoms with van der Waals surface area (Å²) in [6.07, 6.45) is 0. The van der Waals surface area contributed by atoms with Crippen molar-refractivity contribution in [2.24, 2.45) is 0 Å². The number of hydrogen-bond donors (Lipinski definition) is 3. The van der Waals surface area contributed by atoms with Crippen LogP contribution in [0.15, 0.2) is 18.2 Å². The van der Waals surface area contributed by atoms with Gasteiger partial charge in [-0.3, -0.25) is 0 Å². The highest BCUT2D eigenvalue weighted by Gasteiger charge is 2.35. The second kappa shape index (κ2) is 6.07. The summed E-state index contributed by atoms with van der Waals surface area (Å²) < 4.78 is 0. The largest absolute Gasteiger partial charge is 0.395 e. The van der Waals surface area contributed by atoms with Crippen LogP contribution < -0.4 is 0 Å². The fourth-order valence-electron chi connectivity index (χ4n) is 2.66. The van der Waals surface area contributed by atoms with E-state index >= 15 is 0 Å². The van der Waals surface area contributed by atoms with Crippen LogP contribution in [0.25, 0.3) is 0 Å². The number of rotatable bonds is 6. The van der Waals surface area contributed by atoms with Crippen LogP contribution in [-0.2, 0) is 16.2 Å². The lowest BCUT2D eigenvalue weighted by atomic mass is 9.68. The molecule has 0 saturated heterocycles. The Bertz CT molecular complexity index is 453. The zero-order valence-corrected chi connectivity index (χ0v) is 14.2. The third-order valence-corrected chi connectivity index (χ3v) is 4.39. The van der Waals surface area contributed by atoms with Gasteiger partial charge in [-0.15, -0.1) is 0 Å². The normalized spacial score (nSPS) is 13.6. The van der Waals surface area contributed by atoms with Crippen molar-refractivity contribution in [3.05, 3.63) is 34.9 Å². The zero-order valence-electron chi connectivity index (χ0n) is 14.2. The molecule has 0 aliphatic rings. The third kappa shape index (κ3) is 3.47. The van der Waals surface area contributed by atoms with Gasteiger partial charge in [0, 0.05) is 16.2 Å². The standard InChI is InChI=1S/C18H30O3/c1-16(2,10-19)13-8-7-9-14(17(3,4)11-20)15(13)18(5,6)12-21/h7-9,19-21H,10-12H2,1-6H3. The molecule has 3 nitrogen and oxygen atoms in total. The first-order valence-corrected chi connectivity index (χ1v) is 7.50. The van der Waals surface area contributed by atoms with Crippen LogP contribution in [0, 0.1) is 0 Å². The van der Waals surface area contributed by atoms with Gasteiger partial charge in [0.1, 0.15) is 0 Å². The van der Waals surface area contributed by atoms with E-state index in [1.165, 1.54) is 0 Å². The third-order valence-electron chi connectivity index (χ3n) is 4.39. The summed E-state index contributed by atoms with van der Waals surface area (Å²) in [7, 11) is 0. The van der Waals surface area contributed by atoms with Gasteiger partial charge in [0.2, 0.25) is 0 Å². The van der Waals surface area contributed by atoms with E-state index in [1.54, 1.807) is 0 Å². The molecule has 0 saturated carbocycles. The molecule has 0 unspecified atom stereocenters. The molecule has 0 atom stereocenters. The molecule has 0 spiro atoms. The maximum Gasteiger partial charge on any atom is 0.0522 e. The first-order chi connectivity index (χ1) is 9.53. The van der Waals surface area contributed by atoms with Crippen LogP contribution in [0.5, 0.6) is 0 Å². The van der Waals surface area contributed by atoms with Crippen molar-refractivity contribution >= 4 is 0 Å². The molecule has 3 N–H and O–H groups in total. The van der Waals surface area contributed by atoms with Crippen LogP contribution in [0.1, 0.15) is 58.2 Å². The Morgan fingerprint density at radius 2 is 1.00 bits per heavy atom. The topological polar surface area (TPSA) is 60.7 Å². The minimum absolute atomic E-state index is 0.0139. The van der Waals surface area contributed by atoms with E-state index in [4.69, 9.17) is 0 Å². The summed E-state index contributed by atoms with van der Waals surface area (Å²) in [5.74, 6) is 0. The predicted molar refractivity (Wildman–Crippen MR) is 86.8 cm³/mol. The van der Waals surface area contributed by atoms with Crippen molar-refractivity contribution in [1.82, 2.24) is 0 Å². The van der Waals surface area contributed by atoms with E-state index in [2.05, 4.69) is 0 Å². The van der Waals surface area contributed by atoms with E-state index in [-0.39, 0.29) is 19.8 Å². The van der Waals surface area contributed by atoms with Crippen molar-refractivity contribution in [3.63, 3.8) is 0 Å². The first-order valence-electron chi connectivity index (χ1n) is 7.50. The molecule has 1 aromatic rings. The Hall–Kier alpha value is -0.900. The zero-order chi connectivity index (χ0) is 16.5. The Balaban J connectivity index is 3.73. The van der Waals surface area contributed by atoms with Gasteiger partial charge in [-0.25, -0.2) is 0 Å². The fourth-order valence-corrected chi connectivity index (χ4v) is 2.66. The molecule has 0 aliphatic heterocycles. The summed E-state index contributed by atoms with van der Waals surface area (Å²) in [5.41, 5.74) is 1.86. The monoisotopic (exact) mass is 294 g/mol. The van der Waals surface area contributed by atoms with Gasteiger partial charge in [0.15, 0.2) is 0 Å². The van der Waals surface area contributed by atoms with Crippen LogP contribution >= 0.6 is 0 Å². The predicted octanol–water partition coefficient (Wildman–Crippen LogP) is 2.50. The number of hydrogen-bond acceptors (Lipinski definition) is 3. The maximum absolute atomic E-state index is 9.85. The van der Waals surface area contributed by atoms with Crippen molar-refractivity contribution in [1.29, 1.82) is 0 Å². The Kier molecular flexibility index (Phi) is 5.25. The molecule has 120 valence electrons. The highest BCUT2D eigenvalue weighted by Crippen LogP contribution is 2.40. The summed E-state index contributed by atoms with van der Waals surface area (Å²) in [4.78, 5) is 0. The summed E-state index contributed by atoms with van der Waals surface area (Å²) in [6.45, 7) is 12.1. The van der Waals surface area contributed by atoms with E-state index in [0.29, 0.717) is 0 Å². The van der Waals surface area contributed by atoms with Gasteiger partial charge in [-0.2, -0.15) is 0 Å². The molecule has 0 bridgehead atoms. The fraction of sp³-hybridized carbons (Fsp3) is 0.667. The van der Waals surface area contributed by atoms with Crippen molar-refractivity contribution in [2.75, 3.05) is 19.8 Å². The van der Waals surface area contributed by atoms with E-state index in [9.17, 15) is 15.3 Å². The Morgan fingerprint density at radius 1 is 0.667 bits per heavy atom. The SMILES string of the molecule is CC(C)(CO)c1cccc(C(C)(C)CO)c1C(C)(C)CO. The minimum atomic E-state index is -0.440. The van der Waals surface area contributed by atoms with Gasteiger partial charge < -0.3 is 15.3 Å².